The van der Waals surface area contributed by atoms with Gasteiger partial charge in [-0.2, -0.15) is 4.99 Å². The molecule has 1 heterocycles. The fraction of sp³-hybridized carbons (Fsp3) is 0.222. The second-order valence-electron chi connectivity index (χ2n) is 5.72. The molecule has 1 amide bonds. The van der Waals surface area contributed by atoms with Crippen LogP contribution in [-0.4, -0.2) is 24.6 Å². The number of hydrogen-bond donors (Lipinski definition) is 0. The van der Waals surface area contributed by atoms with E-state index in [1.54, 1.807) is 28.8 Å². The molecule has 0 fully saturated rings. The molecule has 0 saturated heterocycles. The minimum absolute atomic E-state index is 0.191. The Labute approximate surface area is 170 Å². The quantitative estimate of drug-likeness (QED) is 0.590. The van der Waals surface area contributed by atoms with Gasteiger partial charge in [-0.1, -0.05) is 52.7 Å². The van der Waals surface area contributed by atoms with E-state index < -0.39 is 15.7 Å². The van der Waals surface area contributed by atoms with Crippen molar-refractivity contribution in [3.05, 3.63) is 57.3 Å². The van der Waals surface area contributed by atoms with Crippen LogP contribution < -0.4 is 4.80 Å². The van der Waals surface area contributed by atoms with Crippen LogP contribution in [0.2, 0.25) is 10.0 Å². The molecule has 0 N–H and O–H groups in total. The zero-order valence-corrected chi connectivity index (χ0v) is 17.5. The van der Waals surface area contributed by atoms with Gasteiger partial charge in [0.05, 0.1) is 30.9 Å². The zero-order valence-electron chi connectivity index (χ0n) is 14.4. The maximum absolute atomic E-state index is 12.3. The van der Waals surface area contributed by atoms with Gasteiger partial charge in [-0.3, -0.25) is 4.79 Å². The van der Waals surface area contributed by atoms with Gasteiger partial charge in [0.15, 0.2) is 14.6 Å². The average Bonchev–Trinajstić information content (AvgIpc) is 3.01. The number of fused-ring (bicyclic) bond motifs is 1. The van der Waals surface area contributed by atoms with Crippen LogP contribution in [0.4, 0.5) is 0 Å². The molecule has 0 bridgehead atoms. The lowest BCUT2D eigenvalue weighted by Gasteiger charge is -2.04. The number of aryl methyl sites for hydroxylation is 1. The summed E-state index contributed by atoms with van der Waals surface area (Å²) in [6.45, 7) is 2.46. The van der Waals surface area contributed by atoms with Crippen LogP contribution in [0.5, 0.6) is 0 Å². The first-order valence-corrected chi connectivity index (χ1v) is 11.4. The summed E-state index contributed by atoms with van der Waals surface area (Å²) in [7, 11) is -3.52. The number of thiazole rings is 1. The largest absolute Gasteiger partial charge is 0.315 e. The Kier molecular flexibility index (Phi) is 6.05. The Bertz CT molecular complexity index is 1170. The van der Waals surface area contributed by atoms with E-state index in [0.29, 0.717) is 21.4 Å². The molecule has 0 unspecified atom stereocenters. The highest BCUT2D eigenvalue weighted by atomic mass is 35.5. The summed E-state index contributed by atoms with van der Waals surface area (Å²) in [5.41, 5.74) is 0.722. The van der Waals surface area contributed by atoms with Crippen molar-refractivity contribution in [1.29, 1.82) is 0 Å². The molecule has 9 heteroatoms. The van der Waals surface area contributed by atoms with Crippen molar-refractivity contribution in [3.8, 4) is 0 Å². The van der Waals surface area contributed by atoms with Gasteiger partial charge in [-0.15, -0.1) is 0 Å². The third kappa shape index (κ3) is 4.27. The number of sulfone groups is 1. The van der Waals surface area contributed by atoms with Crippen molar-refractivity contribution in [2.45, 2.75) is 24.8 Å². The fourth-order valence-electron chi connectivity index (χ4n) is 2.61. The molecule has 3 aromatic rings. The molecular weight excluding hydrogens is 427 g/mol. The number of aromatic nitrogens is 1. The SMILES string of the molecule is CCn1c(=NC(=O)CCS(=O)(=O)c2ccccc2)sc2ccc(Cl)c(Cl)c21. The number of carbonyl (C=O) groups is 1. The van der Waals surface area contributed by atoms with E-state index in [9.17, 15) is 13.2 Å². The highest BCUT2D eigenvalue weighted by Crippen LogP contribution is 2.32. The third-order valence-corrected chi connectivity index (χ3v) is 7.53. The molecular formula is C18H16Cl2N2O3S2. The number of hydrogen-bond acceptors (Lipinski definition) is 4. The monoisotopic (exact) mass is 442 g/mol. The van der Waals surface area contributed by atoms with Crippen LogP contribution in [-0.2, 0) is 21.2 Å². The summed E-state index contributed by atoms with van der Waals surface area (Å²) in [5, 5.41) is 0.837. The van der Waals surface area contributed by atoms with Crippen molar-refractivity contribution in [2.75, 3.05) is 5.75 Å². The highest BCUT2D eigenvalue weighted by Gasteiger charge is 2.17. The number of nitrogens with zero attached hydrogens (tertiary/aromatic N) is 2. The van der Waals surface area contributed by atoms with Gasteiger partial charge in [-0.25, -0.2) is 8.42 Å². The molecule has 5 nitrogen and oxygen atoms in total. The highest BCUT2D eigenvalue weighted by molar-refractivity contribution is 7.91. The van der Waals surface area contributed by atoms with E-state index in [1.165, 1.54) is 23.5 Å². The summed E-state index contributed by atoms with van der Waals surface area (Å²) in [6.07, 6.45) is -0.191. The van der Waals surface area contributed by atoms with Gasteiger partial charge < -0.3 is 4.57 Å². The number of rotatable bonds is 5. The first-order chi connectivity index (χ1) is 12.8. The molecule has 0 radical (unpaired) electrons. The number of halogens is 2. The number of carbonyl (C=O) groups excluding carboxylic acids is 1. The first-order valence-electron chi connectivity index (χ1n) is 8.16. The van der Waals surface area contributed by atoms with Crippen LogP contribution in [0.15, 0.2) is 52.4 Å². The molecule has 0 atom stereocenters. The molecule has 0 saturated carbocycles. The molecule has 3 rings (SSSR count). The summed E-state index contributed by atoms with van der Waals surface area (Å²) in [6, 6.07) is 11.6. The van der Waals surface area contributed by atoms with Crippen LogP contribution in [0.3, 0.4) is 0 Å². The van der Waals surface area contributed by atoms with Gasteiger partial charge in [0.2, 0.25) is 5.91 Å². The average molecular weight is 443 g/mol. The molecule has 0 aliphatic rings. The Morgan fingerprint density at radius 1 is 1.15 bits per heavy atom. The van der Waals surface area contributed by atoms with Crippen molar-refractivity contribution >= 4 is 60.5 Å². The predicted octanol–water partition coefficient (Wildman–Crippen LogP) is 4.32. The van der Waals surface area contributed by atoms with E-state index in [-0.39, 0.29) is 17.1 Å². The molecule has 2 aromatic carbocycles. The molecule has 0 aliphatic heterocycles. The minimum atomic E-state index is -3.52. The summed E-state index contributed by atoms with van der Waals surface area (Å²) < 4.78 is 27.3. The Hall–Kier alpha value is -1.67. The molecule has 142 valence electrons. The zero-order chi connectivity index (χ0) is 19.6. The second-order valence-corrected chi connectivity index (χ2v) is 9.63. The van der Waals surface area contributed by atoms with E-state index in [0.717, 1.165) is 10.2 Å². The fourth-order valence-corrected chi connectivity index (χ4v) is 5.46. The lowest BCUT2D eigenvalue weighted by molar-refractivity contribution is -0.117. The van der Waals surface area contributed by atoms with Crippen molar-refractivity contribution in [2.24, 2.45) is 4.99 Å². The first kappa shape index (κ1) is 20.1. The Balaban J connectivity index is 1.89. The van der Waals surface area contributed by atoms with Gasteiger partial charge in [0, 0.05) is 13.0 Å². The van der Waals surface area contributed by atoms with E-state index in [1.807, 2.05) is 13.0 Å². The van der Waals surface area contributed by atoms with Crippen molar-refractivity contribution in [3.63, 3.8) is 0 Å². The van der Waals surface area contributed by atoms with Gasteiger partial charge >= 0.3 is 0 Å². The number of benzene rings is 2. The van der Waals surface area contributed by atoms with Crippen molar-refractivity contribution < 1.29 is 13.2 Å². The summed E-state index contributed by atoms with van der Waals surface area (Å²) in [5.74, 6) is -0.784. The molecule has 0 aliphatic carbocycles. The molecule has 1 aromatic heterocycles. The maximum Gasteiger partial charge on any atom is 0.249 e. The second kappa shape index (κ2) is 8.14. The van der Waals surface area contributed by atoms with E-state index >= 15 is 0 Å². The Morgan fingerprint density at radius 3 is 2.52 bits per heavy atom. The van der Waals surface area contributed by atoms with E-state index in [4.69, 9.17) is 23.2 Å². The minimum Gasteiger partial charge on any atom is -0.315 e. The van der Waals surface area contributed by atoms with Gasteiger partial charge in [-0.05, 0) is 31.2 Å². The van der Waals surface area contributed by atoms with Crippen LogP contribution in [0, 0.1) is 0 Å². The normalized spacial score (nSPS) is 12.6. The standard InChI is InChI=1S/C18H16Cl2N2O3S2/c1-2-22-17-14(9-8-13(19)16(17)20)26-18(22)21-15(23)10-11-27(24,25)12-6-4-3-5-7-12/h3-9H,2,10-11H2,1H3. The van der Waals surface area contributed by atoms with Crippen LogP contribution in [0.25, 0.3) is 10.2 Å². The lowest BCUT2D eigenvalue weighted by atomic mass is 10.3. The van der Waals surface area contributed by atoms with E-state index in [2.05, 4.69) is 4.99 Å². The number of amides is 1. The summed E-state index contributed by atoms with van der Waals surface area (Å²) in [4.78, 5) is 17.1. The Morgan fingerprint density at radius 2 is 1.85 bits per heavy atom. The lowest BCUT2D eigenvalue weighted by Crippen LogP contribution is -2.17. The predicted molar refractivity (Wildman–Crippen MR) is 109 cm³/mol. The smallest absolute Gasteiger partial charge is 0.249 e. The summed E-state index contributed by atoms with van der Waals surface area (Å²) >= 11 is 13.7. The van der Waals surface area contributed by atoms with Crippen LogP contribution in [0.1, 0.15) is 13.3 Å². The van der Waals surface area contributed by atoms with Gasteiger partial charge in [0.25, 0.3) is 0 Å². The molecule has 0 spiro atoms. The topological polar surface area (TPSA) is 68.5 Å². The van der Waals surface area contributed by atoms with Gasteiger partial charge in [0.1, 0.15) is 0 Å². The van der Waals surface area contributed by atoms with Crippen LogP contribution >= 0.6 is 34.5 Å². The third-order valence-electron chi connectivity index (χ3n) is 3.96. The van der Waals surface area contributed by atoms with Crippen molar-refractivity contribution in [1.82, 2.24) is 4.57 Å². The molecule has 27 heavy (non-hydrogen) atoms. The maximum atomic E-state index is 12.3.